The first-order chi connectivity index (χ1) is 9.43. The molecule has 0 aromatic carbocycles. The van der Waals surface area contributed by atoms with E-state index in [4.69, 9.17) is 0 Å². The lowest BCUT2D eigenvalue weighted by Gasteiger charge is -2.27. The molecule has 5 nitrogen and oxygen atoms in total. The quantitative estimate of drug-likeness (QED) is 0.798. The molecule has 1 aromatic heterocycles. The Morgan fingerprint density at radius 1 is 1.50 bits per heavy atom. The summed E-state index contributed by atoms with van der Waals surface area (Å²) >= 11 is 1.61. The summed E-state index contributed by atoms with van der Waals surface area (Å²) in [6.07, 6.45) is 2.15. The van der Waals surface area contributed by atoms with Crippen LogP contribution in [0.15, 0.2) is 10.8 Å². The number of aryl methyl sites for hydroxylation is 1. The van der Waals surface area contributed by atoms with E-state index in [0.29, 0.717) is 19.4 Å². The van der Waals surface area contributed by atoms with E-state index in [-0.39, 0.29) is 12.1 Å². The first-order valence-corrected chi connectivity index (χ1v) is 7.67. The fourth-order valence-electron chi connectivity index (χ4n) is 2.61. The normalized spacial score (nSPS) is 25.4. The smallest absolute Gasteiger partial charge is 0.315 e. The standard InChI is InChI=1S/C14H20N2O3S/c1-9-7-20-8-10(9)6-15-13(19)16-11-4-3-5-14(11,2)12(17)18/h7-8,11H,3-6H2,1-2H3,(H,17,18)(H2,15,16,19). The van der Waals surface area contributed by atoms with Gasteiger partial charge in [-0.25, -0.2) is 4.79 Å². The van der Waals surface area contributed by atoms with Gasteiger partial charge in [0, 0.05) is 12.6 Å². The van der Waals surface area contributed by atoms with Crippen molar-refractivity contribution in [1.29, 1.82) is 0 Å². The van der Waals surface area contributed by atoms with Gasteiger partial charge < -0.3 is 15.7 Å². The fraction of sp³-hybridized carbons (Fsp3) is 0.571. The molecule has 110 valence electrons. The van der Waals surface area contributed by atoms with E-state index in [2.05, 4.69) is 10.6 Å². The lowest BCUT2D eigenvalue weighted by molar-refractivity contribution is -0.148. The van der Waals surface area contributed by atoms with Gasteiger partial charge in [-0.05, 0) is 48.6 Å². The van der Waals surface area contributed by atoms with Crippen LogP contribution in [0.4, 0.5) is 4.79 Å². The van der Waals surface area contributed by atoms with Crippen molar-refractivity contribution in [2.45, 2.75) is 45.7 Å². The zero-order valence-corrected chi connectivity index (χ0v) is 12.5. The summed E-state index contributed by atoms with van der Waals surface area (Å²) in [5, 5.41) is 18.9. The van der Waals surface area contributed by atoms with Crippen molar-refractivity contribution in [3.63, 3.8) is 0 Å². The van der Waals surface area contributed by atoms with Crippen LogP contribution >= 0.6 is 11.3 Å². The summed E-state index contributed by atoms with van der Waals surface area (Å²) < 4.78 is 0. The molecule has 1 aromatic rings. The summed E-state index contributed by atoms with van der Waals surface area (Å²) in [7, 11) is 0. The van der Waals surface area contributed by atoms with Crippen molar-refractivity contribution in [2.75, 3.05) is 0 Å². The number of carboxylic acids is 1. The number of carboxylic acid groups (broad SMARTS) is 1. The Morgan fingerprint density at radius 2 is 2.25 bits per heavy atom. The van der Waals surface area contributed by atoms with Crippen LogP contribution in [0, 0.1) is 12.3 Å². The minimum Gasteiger partial charge on any atom is -0.481 e. The molecule has 0 aliphatic heterocycles. The number of carbonyl (C=O) groups excluding carboxylic acids is 1. The topological polar surface area (TPSA) is 78.4 Å². The Labute approximate surface area is 122 Å². The van der Waals surface area contributed by atoms with E-state index < -0.39 is 11.4 Å². The number of urea groups is 1. The Hall–Kier alpha value is -1.56. The van der Waals surface area contributed by atoms with Crippen molar-refractivity contribution < 1.29 is 14.7 Å². The molecular weight excluding hydrogens is 276 g/mol. The van der Waals surface area contributed by atoms with Crippen molar-refractivity contribution >= 4 is 23.3 Å². The van der Waals surface area contributed by atoms with Crippen molar-refractivity contribution in [2.24, 2.45) is 5.41 Å². The maximum absolute atomic E-state index is 11.9. The number of amides is 2. The Kier molecular flexibility index (Phi) is 4.32. The van der Waals surface area contributed by atoms with E-state index in [1.54, 1.807) is 18.3 Å². The van der Waals surface area contributed by atoms with Gasteiger partial charge in [-0.2, -0.15) is 11.3 Å². The molecule has 0 saturated heterocycles. The second kappa shape index (κ2) is 5.83. The highest BCUT2D eigenvalue weighted by Crippen LogP contribution is 2.38. The molecule has 2 unspecified atom stereocenters. The first-order valence-electron chi connectivity index (χ1n) is 6.73. The van der Waals surface area contributed by atoms with Crippen LogP contribution in [0.3, 0.4) is 0 Å². The third-order valence-electron chi connectivity index (χ3n) is 4.15. The summed E-state index contributed by atoms with van der Waals surface area (Å²) in [4.78, 5) is 23.2. The van der Waals surface area contributed by atoms with Gasteiger partial charge in [-0.1, -0.05) is 6.42 Å². The summed E-state index contributed by atoms with van der Waals surface area (Å²) in [6.45, 7) is 4.18. The van der Waals surface area contributed by atoms with Gasteiger partial charge >= 0.3 is 12.0 Å². The van der Waals surface area contributed by atoms with Crippen LogP contribution < -0.4 is 10.6 Å². The molecule has 2 atom stereocenters. The third-order valence-corrected chi connectivity index (χ3v) is 5.06. The second-order valence-electron chi connectivity index (χ2n) is 5.57. The van der Waals surface area contributed by atoms with Crippen LogP contribution in [0.2, 0.25) is 0 Å². The van der Waals surface area contributed by atoms with Gasteiger partial charge in [0.15, 0.2) is 0 Å². The van der Waals surface area contributed by atoms with Gasteiger partial charge in [0.1, 0.15) is 0 Å². The van der Waals surface area contributed by atoms with Crippen molar-refractivity contribution in [3.05, 3.63) is 21.9 Å². The van der Waals surface area contributed by atoms with Gasteiger partial charge in [0.25, 0.3) is 0 Å². The Balaban J connectivity index is 1.88. The Morgan fingerprint density at radius 3 is 2.85 bits per heavy atom. The van der Waals surface area contributed by atoms with Crippen molar-refractivity contribution in [1.82, 2.24) is 10.6 Å². The maximum atomic E-state index is 11.9. The summed E-state index contributed by atoms with van der Waals surface area (Å²) in [6, 6.07) is -0.599. The number of nitrogens with one attached hydrogen (secondary N) is 2. The van der Waals surface area contributed by atoms with Crippen LogP contribution in [0.5, 0.6) is 0 Å². The zero-order chi connectivity index (χ0) is 14.8. The molecule has 20 heavy (non-hydrogen) atoms. The third kappa shape index (κ3) is 2.95. The molecule has 0 radical (unpaired) electrons. The molecule has 2 rings (SSSR count). The summed E-state index contributed by atoms with van der Waals surface area (Å²) in [5.74, 6) is -0.839. The average molecular weight is 296 g/mol. The Bertz CT molecular complexity index is 514. The number of hydrogen-bond acceptors (Lipinski definition) is 3. The van der Waals surface area contributed by atoms with E-state index in [1.807, 2.05) is 17.7 Å². The molecular formula is C14H20N2O3S. The summed E-state index contributed by atoms with van der Waals surface area (Å²) in [5.41, 5.74) is 1.40. The second-order valence-corrected chi connectivity index (χ2v) is 6.32. The molecule has 2 amide bonds. The van der Waals surface area contributed by atoms with Gasteiger partial charge in [-0.3, -0.25) is 4.79 Å². The highest BCUT2D eigenvalue weighted by molar-refractivity contribution is 7.08. The molecule has 1 aliphatic carbocycles. The average Bonchev–Trinajstić information content (AvgIpc) is 2.95. The van der Waals surface area contributed by atoms with Crippen LogP contribution in [-0.4, -0.2) is 23.1 Å². The van der Waals surface area contributed by atoms with Gasteiger partial charge in [-0.15, -0.1) is 0 Å². The van der Waals surface area contributed by atoms with E-state index >= 15 is 0 Å². The molecule has 3 N–H and O–H groups in total. The lowest BCUT2D eigenvalue weighted by atomic mass is 9.85. The van der Waals surface area contributed by atoms with E-state index in [0.717, 1.165) is 17.5 Å². The minimum atomic E-state index is -0.852. The van der Waals surface area contributed by atoms with Crippen LogP contribution in [-0.2, 0) is 11.3 Å². The zero-order valence-electron chi connectivity index (χ0n) is 11.7. The van der Waals surface area contributed by atoms with Crippen LogP contribution in [0.25, 0.3) is 0 Å². The number of aliphatic carboxylic acids is 1. The maximum Gasteiger partial charge on any atom is 0.315 e. The fourth-order valence-corrected chi connectivity index (χ4v) is 3.46. The number of rotatable bonds is 4. The largest absolute Gasteiger partial charge is 0.481 e. The number of carbonyl (C=O) groups is 2. The van der Waals surface area contributed by atoms with E-state index in [9.17, 15) is 14.7 Å². The molecule has 0 spiro atoms. The molecule has 6 heteroatoms. The molecule has 1 fully saturated rings. The van der Waals surface area contributed by atoms with Crippen LogP contribution in [0.1, 0.15) is 37.3 Å². The van der Waals surface area contributed by atoms with E-state index in [1.165, 1.54) is 0 Å². The highest BCUT2D eigenvalue weighted by Gasteiger charge is 2.45. The molecule has 1 aliphatic rings. The first kappa shape index (κ1) is 14.8. The van der Waals surface area contributed by atoms with Gasteiger partial charge in [0.05, 0.1) is 5.41 Å². The molecule has 0 bridgehead atoms. The molecule has 1 saturated carbocycles. The predicted octanol–water partition coefficient (Wildman–Crippen LogP) is 2.50. The lowest BCUT2D eigenvalue weighted by Crippen LogP contribution is -2.50. The predicted molar refractivity (Wildman–Crippen MR) is 77.8 cm³/mol. The number of hydrogen-bond donors (Lipinski definition) is 3. The highest BCUT2D eigenvalue weighted by atomic mass is 32.1. The van der Waals surface area contributed by atoms with Crippen molar-refractivity contribution in [3.8, 4) is 0 Å². The monoisotopic (exact) mass is 296 g/mol. The SMILES string of the molecule is Cc1cscc1CNC(=O)NC1CCCC1(C)C(=O)O. The van der Waals surface area contributed by atoms with Gasteiger partial charge in [0.2, 0.25) is 0 Å². The number of thiophene rings is 1. The minimum absolute atomic E-state index is 0.296. The molecule has 1 heterocycles.